The van der Waals surface area contributed by atoms with Gasteiger partial charge in [-0.1, -0.05) is 36.4 Å². The molecule has 1 nitrogen and oxygen atoms in total. The molecule has 2 heteroatoms. The van der Waals surface area contributed by atoms with Crippen LogP contribution in [0, 0.1) is 13.8 Å². The van der Waals surface area contributed by atoms with Crippen molar-refractivity contribution in [3.8, 4) is 0 Å². The maximum atomic E-state index is 5.79. The Labute approximate surface area is 113 Å². The third kappa shape index (κ3) is 3.15. The molecule has 0 fully saturated rings. The largest absolute Gasteiger partial charge is 0.326 e. The molecule has 0 aromatic heterocycles. The lowest BCUT2D eigenvalue weighted by Gasteiger charge is -2.10. The van der Waals surface area contributed by atoms with E-state index in [0.717, 1.165) is 5.75 Å². The van der Waals surface area contributed by atoms with Crippen molar-refractivity contribution < 1.29 is 0 Å². The summed E-state index contributed by atoms with van der Waals surface area (Å²) in [6.07, 6.45) is 0. The zero-order chi connectivity index (χ0) is 13.0. The summed E-state index contributed by atoms with van der Waals surface area (Å²) in [5.74, 6) is 1.00. The van der Waals surface area contributed by atoms with Gasteiger partial charge in [-0.05, 0) is 42.2 Å². The summed E-state index contributed by atoms with van der Waals surface area (Å²) in [6, 6.07) is 15.0. The smallest absolute Gasteiger partial charge is 0.0234 e. The number of thioether (sulfide) groups is 1. The molecule has 18 heavy (non-hydrogen) atoms. The van der Waals surface area contributed by atoms with Crippen LogP contribution < -0.4 is 5.73 Å². The van der Waals surface area contributed by atoms with Crippen LogP contribution in [0.1, 0.15) is 22.3 Å². The molecule has 0 aliphatic rings. The number of hydrogen-bond donors (Lipinski definition) is 1. The summed E-state index contributed by atoms with van der Waals surface area (Å²) >= 11 is 1.87. The molecular formula is C16H19NS. The lowest BCUT2D eigenvalue weighted by molar-refractivity contribution is 1.02. The molecule has 0 radical (unpaired) electrons. The summed E-state index contributed by atoms with van der Waals surface area (Å²) in [4.78, 5) is 1.31. The van der Waals surface area contributed by atoms with E-state index >= 15 is 0 Å². The quantitative estimate of drug-likeness (QED) is 0.836. The van der Waals surface area contributed by atoms with Gasteiger partial charge in [0.2, 0.25) is 0 Å². The number of benzene rings is 2. The first kappa shape index (κ1) is 13.2. The van der Waals surface area contributed by atoms with E-state index in [1.54, 1.807) is 0 Å². The molecule has 2 aromatic carbocycles. The van der Waals surface area contributed by atoms with Crippen LogP contribution in [0.2, 0.25) is 0 Å². The van der Waals surface area contributed by atoms with E-state index in [4.69, 9.17) is 5.73 Å². The SMILES string of the molecule is Cc1ccc(CN)c(SCc2ccccc2C)c1. The molecule has 2 N–H and O–H groups in total. The zero-order valence-electron chi connectivity index (χ0n) is 10.9. The van der Waals surface area contributed by atoms with E-state index in [9.17, 15) is 0 Å². The summed E-state index contributed by atoms with van der Waals surface area (Å²) in [6.45, 7) is 4.89. The van der Waals surface area contributed by atoms with Gasteiger partial charge in [0.15, 0.2) is 0 Å². The molecule has 0 heterocycles. The van der Waals surface area contributed by atoms with Crippen LogP contribution in [0.3, 0.4) is 0 Å². The van der Waals surface area contributed by atoms with Crippen LogP contribution in [0.5, 0.6) is 0 Å². The van der Waals surface area contributed by atoms with E-state index in [0.29, 0.717) is 6.54 Å². The van der Waals surface area contributed by atoms with Crippen LogP contribution in [0.4, 0.5) is 0 Å². The zero-order valence-corrected chi connectivity index (χ0v) is 11.8. The summed E-state index contributed by atoms with van der Waals surface area (Å²) in [5, 5.41) is 0. The van der Waals surface area contributed by atoms with Gasteiger partial charge in [-0.2, -0.15) is 0 Å². The van der Waals surface area contributed by atoms with Crippen molar-refractivity contribution >= 4 is 11.8 Å². The van der Waals surface area contributed by atoms with Gasteiger partial charge in [-0.25, -0.2) is 0 Å². The minimum atomic E-state index is 0.608. The van der Waals surface area contributed by atoms with Crippen molar-refractivity contribution in [1.82, 2.24) is 0 Å². The lowest BCUT2D eigenvalue weighted by atomic mass is 10.1. The standard InChI is InChI=1S/C16H19NS/c1-12-7-8-14(10-17)16(9-12)18-11-15-6-4-3-5-13(15)2/h3-9H,10-11,17H2,1-2H3. The Morgan fingerprint density at radius 2 is 1.78 bits per heavy atom. The summed E-state index contributed by atoms with van der Waals surface area (Å²) < 4.78 is 0. The minimum absolute atomic E-state index is 0.608. The molecule has 0 saturated carbocycles. The van der Waals surface area contributed by atoms with Gasteiger partial charge >= 0.3 is 0 Å². The normalized spacial score (nSPS) is 10.6. The van der Waals surface area contributed by atoms with Gasteiger partial charge in [0, 0.05) is 17.2 Å². The molecule has 0 aliphatic heterocycles. The van der Waals surface area contributed by atoms with Crippen molar-refractivity contribution in [3.63, 3.8) is 0 Å². The molecule has 0 aliphatic carbocycles. The molecule has 0 amide bonds. The number of aryl methyl sites for hydroxylation is 2. The Kier molecular flexibility index (Phi) is 4.45. The third-order valence-corrected chi connectivity index (χ3v) is 4.23. The molecule has 0 spiro atoms. The van der Waals surface area contributed by atoms with E-state index in [1.165, 1.54) is 27.1 Å². The van der Waals surface area contributed by atoms with Crippen molar-refractivity contribution in [2.75, 3.05) is 0 Å². The summed E-state index contributed by atoms with van der Waals surface area (Å²) in [7, 11) is 0. The average Bonchev–Trinajstić information content (AvgIpc) is 2.38. The maximum Gasteiger partial charge on any atom is 0.0234 e. The van der Waals surface area contributed by atoms with Crippen molar-refractivity contribution in [1.29, 1.82) is 0 Å². The predicted octanol–water partition coefficient (Wildman–Crippen LogP) is 4.05. The van der Waals surface area contributed by atoms with Gasteiger partial charge < -0.3 is 5.73 Å². The molecule has 94 valence electrons. The molecule has 0 saturated heterocycles. The first-order chi connectivity index (χ1) is 8.70. The van der Waals surface area contributed by atoms with Crippen molar-refractivity contribution in [2.24, 2.45) is 5.73 Å². The highest BCUT2D eigenvalue weighted by atomic mass is 32.2. The van der Waals surface area contributed by atoms with Crippen LogP contribution in [-0.4, -0.2) is 0 Å². The maximum absolute atomic E-state index is 5.79. The van der Waals surface area contributed by atoms with E-state index in [2.05, 4.69) is 56.3 Å². The first-order valence-corrected chi connectivity index (χ1v) is 7.16. The van der Waals surface area contributed by atoms with Crippen LogP contribution in [0.15, 0.2) is 47.4 Å². The Hall–Kier alpha value is -1.25. The van der Waals surface area contributed by atoms with Gasteiger partial charge in [-0.3, -0.25) is 0 Å². The number of rotatable bonds is 4. The van der Waals surface area contributed by atoms with Gasteiger partial charge in [-0.15, -0.1) is 11.8 Å². The number of hydrogen-bond acceptors (Lipinski definition) is 2. The number of nitrogens with two attached hydrogens (primary N) is 1. The average molecular weight is 257 g/mol. The van der Waals surface area contributed by atoms with Crippen LogP contribution in [0.25, 0.3) is 0 Å². The molecule has 0 bridgehead atoms. The topological polar surface area (TPSA) is 26.0 Å². The fourth-order valence-electron chi connectivity index (χ4n) is 1.89. The van der Waals surface area contributed by atoms with Crippen molar-refractivity contribution in [2.45, 2.75) is 31.0 Å². The highest BCUT2D eigenvalue weighted by Crippen LogP contribution is 2.28. The van der Waals surface area contributed by atoms with E-state index in [1.807, 2.05) is 11.8 Å². The highest BCUT2D eigenvalue weighted by molar-refractivity contribution is 7.98. The lowest BCUT2D eigenvalue weighted by Crippen LogP contribution is -1.99. The first-order valence-electron chi connectivity index (χ1n) is 6.17. The third-order valence-electron chi connectivity index (χ3n) is 3.09. The molecule has 2 aromatic rings. The van der Waals surface area contributed by atoms with E-state index < -0.39 is 0 Å². The highest BCUT2D eigenvalue weighted by Gasteiger charge is 2.04. The second kappa shape index (κ2) is 6.07. The second-order valence-corrected chi connectivity index (χ2v) is 5.55. The predicted molar refractivity (Wildman–Crippen MR) is 79.8 cm³/mol. The van der Waals surface area contributed by atoms with Crippen LogP contribution >= 0.6 is 11.8 Å². The monoisotopic (exact) mass is 257 g/mol. The molecular weight excluding hydrogens is 238 g/mol. The minimum Gasteiger partial charge on any atom is -0.326 e. The van der Waals surface area contributed by atoms with Gasteiger partial charge in [0.1, 0.15) is 0 Å². The Bertz CT molecular complexity index is 534. The molecule has 0 atom stereocenters. The Morgan fingerprint density at radius 3 is 2.50 bits per heavy atom. The Morgan fingerprint density at radius 1 is 1.00 bits per heavy atom. The molecule has 2 rings (SSSR count). The van der Waals surface area contributed by atoms with Gasteiger partial charge in [0.25, 0.3) is 0 Å². The Balaban J connectivity index is 2.15. The van der Waals surface area contributed by atoms with E-state index in [-0.39, 0.29) is 0 Å². The fraction of sp³-hybridized carbons (Fsp3) is 0.250. The van der Waals surface area contributed by atoms with Crippen LogP contribution in [-0.2, 0) is 12.3 Å². The summed E-state index contributed by atoms with van der Waals surface area (Å²) in [5.41, 5.74) is 11.1. The fourth-order valence-corrected chi connectivity index (χ4v) is 3.13. The van der Waals surface area contributed by atoms with Gasteiger partial charge in [0.05, 0.1) is 0 Å². The second-order valence-electron chi connectivity index (χ2n) is 4.53. The van der Waals surface area contributed by atoms with Crippen molar-refractivity contribution in [3.05, 3.63) is 64.7 Å². The molecule has 0 unspecified atom stereocenters.